The molecule has 0 rings (SSSR count). The van der Waals surface area contributed by atoms with Gasteiger partial charge in [-0.05, 0) is 45.6 Å². The molecule has 0 atom stereocenters. The van der Waals surface area contributed by atoms with Gasteiger partial charge in [-0.1, -0.05) is 37.0 Å². The molecule has 0 saturated carbocycles. The molecule has 1 amide bonds. The topological polar surface area (TPSA) is 69.6 Å². The van der Waals surface area contributed by atoms with Gasteiger partial charge in [0.15, 0.2) is 0 Å². The van der Waals surface area contributed by atoms with E-state index >= 15 is 0 Å². The molecule has 114 valence electrons. The molecule has 3 N–H and O–H groups in total. The van der Waals surface area contributed by atoms with Gasteiger partial charge in [0.1, 0.15) is 0 Å². The fourth-order valence-corrected chi connectivity index (χ4v) is 1.21. The van der Waals surface area contributed by atoms with Gasteiger partial charge in [-0.15, -0.1) is 0 Å². The molecular formula is C16H27NO3. The van der Waals surface area contributed by atoms with Crippen LogP contribution >= 0.6 is 0 Å². The number of carboxylic acid groups (broad SMARTS) is 1. The Morgan fingerprint density at radius 1 is 1.25 bits per heavy atom. The maximum absolute atomic E-state index is 10.5. The zero-order valence-corrected chi connectivity index (χ0v) is 12.7. The minimum Gasteiger partial charge on any atom is -0.465 e. The second-order valence-corrected chi connectivity index (χ2v) is 4.00. The number of carbonyl (C=O) groups is 1. The Kier molecular flexibility index (Phi) is 15.6. The fourth-order valence-electron chi connectivity index (χ4n) is 1.21. The molecule has 0 aromatic carbocycles. The van der Waals surface area contributed by atoms with Crippen molar-refractivity contribution < 1.29 is 15.0 Å². The summed E-state index contributed by atoms with van der Waals surface area (Å²) in [7, 11) is 0. The molecule has 4 nitrogen and oxygen atoms in total. The molecule has 0 unspecified atom stereocenters. The van der Waals surface area contributed by atoms with Crippen LogP contribution in [0.15, 0.2) is 48.2 Å². The summed E-state index contributed by atoms with van der Waals surface area (Å²) in [6, 6.07) is 0. The Hall–Kier alpha value is -1.81. The first kappa shape index (κ1) is 20.5. The van der Waals surface area contributed by atoms with E-state index in [2.05, 4.69) is 24.0 Å². The van der Waals surface area contributed by atoms with Crippen LogP contribution in [0, 0.1) is 0 Å². The molecule has 20 heavy (non-hydrogen) atoms. The van der Waals surface area contributed by atoms with Gasteiger partial charge in [0.2, 0.25) is 0 Å². The summed E-state index contributed by atoms with van der Waals surface area (Å²) in [6.45, 7) is 9.43. The molecule has 0 bridgehead atoms. The summed E-state index contributed by atoms with van der Waals surface area (Å²) in [5.74, 6) is 0. The van der Waals surface area contributed by atoms with Gasteiger partial charge < -0.3 is 10.2 Å². The van der Waals surface area contributed by atoms with Crippen molar-refractivity contribution in [2.45, 2.75) is 40.0 Å². The van der Waals surface area contributed by atoms with E-state index < -0.39 is 6.09 Å². The van der Waals surface area contributed by atoms with E-state index in [1.54, 1.807) is 13.8 Å². The fraction of sp³-hybridized carbons (Fsp3) is 0.438. The Morgan fingerprint density at radius 3 is 2.25 bits per heavy atom. The lowest BCUT2D eigenvalue weighted by Gasteiger charge is -2.05. The number of aliphatic hydroxyl groups excluding tert-OH is 1. The zero-order valence-electron chi connectivity index (χ0n) is 12.7. The Labute approximate surface area is 122 Å². The van der Waals surface area contributed by atoms with Gasteiger partial charge in [-0.25, -0.2) is 4.79 Å². The minimum atomic E-state index is -1.06. The third-order valence-corrected chi connectivity index (χ3v) is 2.06. The number of rotatable bonds is 7. The Morgan fingerprint density at radius 2 is 1.80 bits per heavy atom. The largest absolute Gasteiger partial charge is 0.465 e. The summed E-state index contributed by atoms with van der Waals surface area (Å²) < 4.78 is 0. The predicted octanol–water partition coefficient (Wildman–Crippen LogP) is 4.02. The van der Waals surface area contributed by atoms with Gasteiger partial charge in [-0.3, -0.25) is 5.32 Å². The number of allylic oxidation sites excluding steroid dienone is 6. The predicted molar refractivity (Wildman–Crippen MR) is 84.6 cm³/mol. The van der Waals surface area contributed by atoms with Gasteiger partial charge in [-0.2, -0.15) is 0 Å². The maximum atomic E-state index is 10.5. The summed E-state index contributed by atoms with van der Waals surface area (Å²) in [4.78, 5) is 10.5. The molecule has 0 heterocycles. The molecule has 0 saturated heterocycles. The normalized spacial score (nSPS) is 11.3. The molecule has 0 aliphatic heterocycles. The van der Waals surface area contributed by atoms with E-state index in [9.17, 15) is 4.79 Å². The van der Waals surface area contributed by atoms with Crippen molar-refractivity contribution in [3.8, 4) is 0 Å². The van der Waals surface area contributed by atoms with Gasteiger partial charge in [0.25, 0.3) is 0 Å². The smallest absolute Gasteiger partial charge is 0.409 e. The summed E-state index contributed by atoms with van der Waals surface area (Å²) >= 11 is 0. The Bertz CT molecular complexity index is 355. The zero-order chi connectivity index (χ0) is 15.8. The molecule has 0 spiro atoms. The highest BCUT2D eigenvalue weighted by Crippen LogP contribution is 2.05. The third-order valence-electron chi connectivity index (χ3n) is 2.06. The van der Waals surface area contributed by atoms with Crippen LogP contribution in [-0.2, 0) is 0 Å². The van der Waals surface area contributed by atoms with Gasteiger partial charge >= 0.3 is 6.09 Å². The number of unbranched alkanes of at least 4 members (excludes halogenated alkanes) is 1. The lowest BCUT2D eigenvalue weighted by Crippen LogP contribution is -2.20. The van der Waals surface area contributed by atoms with Gasteiger partial charge in [0.05, 0.1) is 0 Å². The van der Waals surface area contributed by atoms with Crippen LogP contribution in [-0.4, -0.2) is 22.9 Å². The molecule has 0 aromatic rings. The van der Waals surface area contributed by atoms with Crippen molar-refractivity contribution in [1.82, 2.24) is 5.32 Å². The number of amides is 1. The summed E-state index contributed by atoms with van der Waals surface area (Å²) in [6.07, 6.45) is 11.8. The van der Waals surface area contributed by atoms with Crippen LogP contribution in [0.1, 0.15) is 40.0 Å². The van der Waals surface area contributed by atoms with E-state index in [4.69, 9.17) is 10.2 Å². The molecule has 0 fully saturated rings. The highest BCUT2D eigenvalue weighted by Gasteiger charge is 2.00. The quantitative estimate of drug-likeness (QED) is 0.375. The van der Waals surface area contributed by atoms with E-state index in [1.165, 1.54) is 0 Å². The Balaban J connectivity index is 0. The average Bonchev–Trinajstić information content (AvgIpc) is 2.36. The lowest BCUT2D eigenvalue weighted by molar-refractivity contribution is 0.197. The third kappa shape index (κ3) is 16.2. The maximum Gasteiger partial charge on any atom is 0.409 e. The van der Waals surface area contributed by atoms with E-state index in [-0.39, 0.29) is 6.61 Å². The van der Waals surface area contributed by atoms with Crippen molar-refractivity contribution in [3.05, 3.63) is 48.2 Å². The van der Waals surface area contributed by atoms with Crippen molar-refractivity contribution in [3.63, 3.8) is 0 Å². The van der Waals surface area contributed by atoms with E-state index in [0.29, 0.717) is 12.1 Å². The highest BCUT2D eigenvalue weighted by molar-refractivity contribution is 5.68. The van der Waals surface area contributed by atoms with E-state index in [0.717, 1.165) is 18.4 Å². The number of aliphatic hydroxyl groups is 1. The van der Waals surface area contributed by atoms with Crippen LogP contribution < -0.4 is 5.32 Å². The summed E-state index contributed by atoms with van der Waals surface area (Å²) in [5.41, 5.74) is 1.28. The highest BCUT2D eigenvalue weighted by atomic mass is 16.4. The van der Waals surface area contributed by atoms with Crippen LogP contribution in [0.4, 0.5) is 4.79 Å². The van der Waals surface area contributed by atoms with E-state index in [1.807, 2.05) is 25.2 Å². The van der Waals surface area contributed by atoms with Crippen molar-refractivity contribution in [1.29, 1.82) is 0 Å². The molecule has 0 aliphatic carbocycles. The number of nitrogens with one attached hydrogen (secondary N) is 1. The lowest BCUT2D eigenvalue weighted by atomic mass is 10.2. The molecular weight excluding hydrogens is 254 g/mol. The molecule has 0 aliphatic rings. The SMILES string of the molecule is C=C(C)/C(=C/C/C=C\CC/C=C\C)NC(=O)O.CCO. The first-order chi connectivity index (χ1) is 9.49. The monoisotopic (exact) mass is 281 g/mol. The average molecular weight is 281 g/mol. The van der Waals surface area contributed by atoms with Crippen molar-refractivity contribution in [2.75, 3.05) is 6.61 Å². The molecule has 4 heteroatoms. The van der Waals surface area contributed by atoms with Crippen LogP contribution in [0.3, 0.4) is 0 Å². The second-order valence-electron chi connectivity index (χ2n) is 4.00. The summed E-state index contributed by atoms with van der Waals surface area (Å²) in [5, 5.41) is 18.5. The van der Waals surface area contributed by atoms with Crippen LogP contribution in [0.2, 0.25) is 0 Å². The minimum absolute atomic E-state index is 0.250. The molecule has 0 radical (unpaired) electrons. The van der Waals surface area contributed by atoms with Crippen molar-refractivity contribution >= 4 is 6.09 Å². The first-order valence-corrected chi connectivity index (χ1v) is 6.72. The molecule has 0 aromatic heterocycles. The van der Waals surface area contributed by atoms with Gasteiger partial charge in [0, 0.05) is 12.3 Å². The van der Waals surface area contributed by atoms with Crippen molar-refractivity contribution in [2.24, 2.45) is 0 Å². The van der Waals surface area contributed by atoms with Crippen LogP contribution in [0.25, 0.3) is 0 Å². The first-order valence-electron chi connectivity index (χ1n) is 6.72. The number of hydrogen-bond donors (Lipinski definition) is 3. The van der Waals surface area contributed by atoms with Crippen LogP contribution in [0.5, 0.6) is 0 Å². The number of hydrogen-bond acceptors (Lipinski definition) is 2. The standard InChI is InChI=1S/C14H21NO2.C2H6O/c1-4-5-6-7-8-9-10-11-13(12(2)3)15-14(16)17;1-2-3/h4-5,8-9,11,15H,2,6-7,10H2,1,3H3,(H,16,17);3H,2H2,1H3/b5-4-,9-8-,13-11-;. The second kappa shape index (κ2) is 15.2.